The lowest BCUT2D eigenvalue weighted by Gasteiger charge is -2.48. The molecule has 7 heteroatoms. The smallest absolute Gasteiger partial charge is 0.1000 e. The molecule has 30 heavy (non-hydrogen) atoms. The highest BCUT2D eigenvalue weighted by Crippen LogP contribution is 2.51. The van der Waals surface area contributed by atoms with Crippen LogP contribution >= 0.6 is 60.6 Å². The molecule has 0 aliphatic carbocycles. The summed E-state index contributed by atoms with van der Waals surface area (Å²) in [5.41, 5.74) is 5.54. The van der Waals surface area contributed by atoms with Crippen LogP contribution in [0.1, 0.15) is 48.5 Å². The molecule has 0 bridgehead atoms. The summed E-state index contributed by atoms with van der Waals surface area (Å²) < 4.78 is 11.4. The van der Waals surface area contributed by atoms with E-state index in [9.17, 15) is 0 Å². The van der Waals surface area contributed by atoms with Crippen molar-refractivity contribution < 1.29 is 4.74 Å². The van der Waals surface area contributed by atoms with Crippen molar-refractivity contribution in [2.45, 2.75) is 44.8 Å². The largest absolute Gasteiger partial charge is 0.498 e. The number of benzene rings is 2. The third-order valence-electron chi connectivity index (χ3n) is 6.01. The van der Waals surface area contributed by atoms with Crippen molar-refractivity contribution in [3.63, 3.8) is 0 Å². The summed E-state index contributed by atoms with van der Waals surface area (Å²) in [5.74, 6) is 1.21. The first-order valence-electron chi connectivity index (χ1n) is 10.2. The Morgan fingerprint density at radius 1 is 0.933 bits per heavy atom. The van der Waals surface area contributed by atoms with Gasteiger partial charge < -0.3 is 4.74 Å². The highest BCUT2D eigenvalue weighted by atomic mass is 127. The summed E-state index contributed by atoms with van der Waals surface area (Å²) in [5, 5.41) is 0. The van der Waals surface area contributed by atoms with Crippen molar-refractivity contribution in [3.05, 3.63) is 82.6 Å². The standard InChI is InChI=1S/C23H26I2N2OS2/c1-3-28-23-14-21(18-11-9-16(2)10-12-18)27(30-25)22-13-20(17-7-5-4-6-8-17)26(29-24)15-19(22)23/h4-12,20-22H,3,13-15H2,1-2H3/t20-,21-,22?/m0/s1. The van der Waals surface area contributed by atoms with Crippen LogP contribution in [0.25, 0.3) is 0 Å². The number of piperidine rings is 1. The normalized spacial score (nSPS) is 25.3. The molecule has 2 aliphatic rings. The van der Waals surface area contributed by atoms with Crippen LogP contribution in [-0.2, 0) is 4.74 Å². The average Bonchev–Trinajstić information content (AvgIpc) is 2.79. The Hall–Kier alpha value is 0.0600. The second-order valence-corrected chi connectivity index (χ2v) is 11.3. The highest BCUT2D eigenvalue weighted by molar-refractivity contribution is 14.2. The average molecular weight is 664 g/mol. The van der Waals surface area contributed by atoms with Gasteiger partial charge in [0.1, 0.15) is 0 Å². The van der Waals surface area contributed by atoms with Crippen LogP contribution in [0.4, 0.5) is 0 Å². The van der Waals surface area contributed by atoms with Gasteiger partial charge in [0, 0.05) is 73.0 Å². The molecule has 0 spiro atoms. The number of fused-ring (bicyclic) bond motifs is 1. The van der Waals surface area contributed by atoms with Crippen LogP contribution in [-0.4, -0.2) is 27.8 Å². The van der Waals surface area contributed by atoms with E-state index in [4.69, 9.17) is 4.74 Å². The predicted octanol–water partition coefficient (Wildman–Crippen LogP) is 7.84. The SMILES string of the molecule is CCOC1=C2CN(SI)[C@H](c3ccccc3)CC2N(SI)[C@H](c2ccc(C)cc2)C1. The number of rotatable bonds is 6. The fourth-order valence-corrected chi connectivity index (χ4v) is 8.51. The van der Waals surface area contributed by atoms with Crippen LogP contribution in [0.2, 0.25) is 0 Å². The van der Waals surface area contributed by atoms with Gasteiger partial charge in [-0.1, -0.05) is 60.2 Å². The minimum atomic E-state index is 0.332. The summed E-state index contributed by atoms with van der Waals surface area (Å²) in [6, 6.07) is 21.1. The van der Waals surface area contributed by atoms with Crippen molar-refractivity contribution in [2.75, 3.05) is 13.2 Å². The molecule has 1 saturated heterocycles. The Balaban J connectivity index is 1.74. The molecule has 2 aliphatic heterocycles. The lowest BCUT2D eigenvalue weighted by Crippen LogP contribution is -2.47. The Morgan fingerprint density at radius 2 is 1.63 bits per heavy atom. The van der Waals surface area contributed by atoms with Crippen molar-refractivity contribution in [1.82, 2.24) is 8.61 Å². The molecule has 0 aromatic heterocycles. The van der Waals surface area contributed by atoms with Crippen molar-refractivity contribution >= 4 is 60.6 Å². The summed E-state index contributed by atoms with van der Waals surface area (Å²) >= 11 is 4.90. The fourth-order valence-electron chi connectivity index (χ4n) is 4.53. The Morgan fingerprint density at radius 3 is 2.27 bits per heavy atom. The quantitative estimate of drug-likeness (QED) is 0.230. The number of halogens is 2. The van der Waals surface area contributed by atoms with Crippen LogP contribution in [0, 0.1) is 6.92 Å². The maximum absolute atomic E-state index is 6.26. The van der Waals surface area contributed by atoms with Gasteiger partial charge in [0.25, 0.3) is 0 Å². The van der Waals surface area contributed by atoms with Gasteiger partial charge >= 0.3 is 0 Å². The summed E-state index contributed by atoms with van der Waals surface area (Å²) in [4.78, 5) is 0. The third kappa shape index (κ3) is 4.85. The van der Waals surface area contributed by atoms with Crippen molar-refractivity contribution in [3.8, 4) is 0 Å². The zero-order chi connectivity index (χ0) is 21.1. The van der Waals surface area contributed by atoms with Crippen LogP contribution in [0.15, 0.2) is 65.9 Å². The third-order valence-corrected chi connectivity index (χ3v) is 10.1. The summed E-state index contributed by atoms with van der Waals surface area (Å²) in [7, 11) is 3.67. The molecule has 2 aromatic rings. The maximum Gasteiger partial charge on any atom is 0.1000 e. The zero-order valence-corrected chi connectivity index (χ0v) is 23.1. The van der Waals surface area contributed by atoms with E-state index in [0.717, 1.165) is 26.0 Å². The molecule has 0 N–H and O–H groups in total. The molecule has 0 saturated carbocycles. The second-order valence-electron chi connectivity index (χ2n) is 7.76. The Kier molecular flexibility index (Phi) is 8.35. The maximum atomic E-state index is 6.26. The van der Waals surface area contributed by atoms with Gasteiger partial charge in [0.15, 0.2) is 0 Å². The molecule has 3 nitrogen and oxygen atoms in total. The second kappa shape index (κ2) is 10.8. The van der Waals surface area contributed by atoms with E-state index >= 15 is 0 Å². The van der Waals surface area contributed by atoms with Crippen LogP contribution in [0.5, 0.6) is 0 Å². The zero-order valence-electron chi connectivity index (χ0n) is 17.1. The molecule has 2 heterocycles. The molecule has 3 atom stereocenters. The van der Waals surface area contributed by atoms with Crippen molar-refractivity contribution in [1.29, 1.82) is 0 Å². The van der Waals surface area contributed by atoms with Gasteiger partial charge in [-0.15, -0.1) is 0 Å². The number of nitrogens with zero attached hydrogens (tertiary/aromatic N) is 2. The first kappa shape index (κ1) is 23.2. The summed E-state index contributed by atoms with van der Waals surface area (Å²) in [6.07, 6.45) is 2.01. The van der Waals surface area contributed by atoms with Crippen LogP contribution < -0.4 is 0 Å². The Bertz CT molecular complexity index is 879. The lowest BCUT2D eigenvalue weighted by atomic mass is 9.84. The van der Waals surface area contributed by atoms with Crippen molar-refractivity contribution in [2.24, 2.45) is 0 Å². The van der Waals surface area contributed by atoms with Gasteiger partial charge in [-0.25, -0.2) is 8.61 Å². The van der Waals surface area contributed by atoms with Gasteiger partial charge in [-0.2, -0.15) is 0 Å². The van der Waals surface area contributed by atoms with E-state index in [1.807, 2.05) is 18.2 Å². The Labute approximate surface area is 212 Å². The minimum absolute atomic E-state index is 0.332. The van der Waals surface area contributed by atoms with Gasteiger partial charge in [-0.05, 0) is 49.6 Å². The molecule has 0 amide bonds. The van der Waals surface area contributed by atoms with E-state index in [1.165, 1.54) is 28.0 Å². The predicted molar refractivity (Wildman–Crippen MR) is 147 cm³/mol. The van der Waals surface area contributed by atoms with Gasteiger partial charge in [0.05, 0.1) is 18.4 Å². The molecule has 0 radical (unpaired) electrons. The van der Waals surface area contributed by atoms with E-state index < -0.39 is 0 Å². The van der Waals surface area contributed by atoms with E-state index in [0.29, 0.717) is 18.1 Å². The minimum Gasteiger partial charge on any atom is -0.498 e. The first-order chi connectivity index (χ1) is 14.7. The fraction of sp³-hybridized carbons (Fsp3) is 0.391. The lowest BCUT2D eigenvalue weighted by molar-refractivity contribution is 0.129. The molecule has 1 unspecified atom stereocenters. The van der Waals surface area contributed by atoms with Crippen LogP contribution in [0.3, 0.4) is 0 Å². The van der Waals surface area contributed by atoms with E-state index in [1.54, 1.807) is 0 Å². The topological polar surface area (TPSA) is 15.7 Å². The monoisotopic (exact) mass is 664 g/mol. The number of hydrogen-bond acceptors (Lipinski definition) is 5. The van der Waals surface area contributed by atoms with Gasteiger partial charge in [-0.3, -0.25) is 0 Å². The van der Waals surface area contributed by atoms with Gasteiger partial charge in [0.2, 0.25) is 0 Å². The number of ether oxygens (including phenoxy) is 1. The highest BCUT2D eigenvalue weighted by Gasteiger charge is 2.44. The molecule has 160 valence electrons. The molecule has 2 aromatic carbocycles. The molecule has 1 fully saturated rings. The number of hydrogen-bond donors (Lipinski definition) is 0. The first-order valence-corrected chi connectivity index (χ1v) is 16.9. The molecular weight excluding hydrogens is 638 g/mol. The summed E-state index contributed by atoms with van der Waals surface area (Å²) in [6.45, 7) is 5.93. The van der Waals surface area contributed by atoms with E-state index in [-0.39, 0.29) is 0 Å². The van der Waals surface area contributed by atoms with E-state index in [2.05, 4.69) is 119 Å². The molecule has 4 rings (SSSR count). The number of aryl methyl sites for hydroxylation is 1. The molecular formula is C23H26I2N2OS2.